The quantitative estimate of drug-likeness (QED) is 0.731. The number of nitrogens with zero attached hydrogens (tertiary/aromatic N) is 2. The highest BCUT2D eigenvalue weighted by Gasteiger charge is 2.23. The molecular formula is C21H22N4O2. The van der Waals surface area contributed by atoms with E-state index < -0.39 is 0 Å². The number of imidazole rings is 1. The number of carbonyl (C=O) groups excluding carboxylic acids is 1. The van der Waals surface area contributed by atoms with E-state index in [-0.39, 0.29) is 11.8 Å². The van der Waals surface area contributed by atoms with Gasteiger partial charge in [0.15, 0.2) is 0 Å². The minimum Gasteiger partial charge on any atom is -0.381 e. The lowest BCUT2D eigenvalue weighted by Gasteiger charge is -2.07. The summed E-state index contributed by atoms with van der Waals surface area (Å²) in [6, 6.07) is 14.0. The van der Waals surface area contributed by atoms with Gasteiger partial charge < -0.3 is 15.0 Å². The molecule has 1 atom stereocenters. The van der Waals surface area contributed by atoms with Gasteiger partial charge in [0.25, 0.3) is 0 Å². The molecule has 0 radical (unpaired) electrons. The topological polar surface area (TPSA) is 79.9 Å². The molecule has 3 heterocycles. The number of carbonyl (C=O) groups is 1. The highest BCUT2D eigenvalue weighted by atomic mass is 16.5. The summed E-state index contributed by atoms with van der Waals surface area (Å²) >= 11 is 0. The second-order valence-electron chi connectivity index (χ2n) is 6.77. The normalized spacial score (nSPS) is 16.4. The lowest BCUT2D eigenvalue weighted by molar-refractivity contribution is -0.125. The predicted molar refractivity (Wildman–Crippen MR) is 103 cm³/mol. The predicted octanol–water partition coefficient (Wildman–Crippen LogP) is 3.10. The molecule has 0 spiro atoms. The number of pyridine rings is 1. The Bertz CT molecular complexity index is 913. The number of hydrogen-bond donors (Lipinski definition) is 2. The molecule has 1 fully saturated rings. The summed E-state index contributed by atoms with van der Waals surface area (Å²) in [6.07, 6.45) is 2.54. The Kier molecular flexibility index (Phi) is 4.98. The minimum absolute atomic E-state index is 0.0140. The van der Waals surface area contributed by atoms with Gasteiger partial charge in [-0.15, -0.1) is 0 Å². The third-order valence-electron chi connectivity index (χ3n) is 4.73. The molecule has 1 aromatic carbocycles. The first-order chi connectivity index (χ1) is 13.2. The number of H-pyrrole nitrogens is 1. The Morgan fingerprint density at radius 3 is 2.81 bits per heavy atom. The van der Waals surface area contributed by atoms with Gasteiger partial charge in [-0.05, 0) is 25.5 Å². The average Bonchev–Trinajstić information content (AvgIpc) is 3.38. The molecule has 2 aromatic heterocycles. The number of aryl methyl sites for hydroxylation is 1. The van der Waals surface area contributed by atoms with Gasteiger partial charge in [-0.25, -0.2) is 4.98 Å². The largest absolute Gasteiger partial charge is 0.381 e. The van der Waals surface area contributed by atoms with Crippen molar-refractivity contribution in [1.29, 1.82) is 0 Å². The van der Waals surface area contributed by atoms with Crippen LogP contribution in [0.1, 0.15) is 17.8 Å². The van der Waals surface area contributed by atoms with E-state index in [1.807, 2.05) is 18.2 Å². The molecule has 1 saturated heterocycles. The molecule has 6 nitrogen and oxygen atoms in total. The number of aromatic nitrogens is 3. The van der Waals surface area contributed by atoms with E-state index in [9.17, 15) is 4.79 Å². The van der Waals surface area contributed by atoms with Crippen LogP contribution in [0.5, 0.6) is 0 Å². The highest BCUT2D eigenvalue weighted by molar-refractivity contribution is 5.79. The van der Waals surface area contributed by atoms with Crippen LogP contribution in [0.15, 0.2) is 48.7 Å². The number of amides is 1. The molecule has 0 unspecified atom stereocenters. The second-order valence-corrected chi connectivity index (χ2v) is 6.77. The Morgan fingerprint density at radius 2 is 2.11 bits per heavy atom. The van der Waals surface area contributed by atoms with Gasteiger partial charge >= 0.3 is 0 Å². The van der Waals surface area contributed by atoms with E-state index in [1.165, 1.54) is 5.56 Å². The molecule has 6 heteroatoms. The van der Waals surface area contributed by atoms with E-state index in [0.29, 0.717) is 25.6 Å². The molecular weight excluding hydrogens is 340 g/mol. The summed E-state index contributed by atoms with van der Waals surface area (Å²) in [5.74, 6) is 0.658. The summed E-state index contributed by atoms with van der Waals surface area (Å²) in [4.78, 5) is 24.8. The number of ether oxygens (including phenoxy) is 1. The summed E-state index contributed by atoms with van der Waals surface area (Å²) in [6.45, 7) is 3.56. The maximum absolute atomic E-state index is 12.2. The number of aromatic amines is 1. The van der Waals surface area contributed by atoms with Crippen molar-refractivity contribution >= 4 is 5.91 Å². The van der Waals surface area contributed by atoms with E-state index >= 15 is 0 Å². The van der Waals surface area contributed by atoms with Gasteiger partial charge in [0, 0.05) is 18.4 Å². The lowest BCUT2D eigenvalue weighted by Crippen LogP contribution is -2.30. The first-order valence-corrected chi connectivity index (χ1v) is 9.13. The maximum Gasteiger partial charge on any atom is 0.225 e. The van der Waals surface area contributed by atoms with E-state index in [2.05, 4.69) is 46.5 Å². The second kappa shape index (κ2) is 7.72. The van der Waals surface area contributed by atoms with Gasteiger partial charge in [-0.1, -0.05) is 35.9 Å². The van der Waals surface area contributed by atoms with Crippen molar-refractivity contribution in [1.82, 2.24) is 20.3 Å². The van der Waals surface area contributed by atoms with Crippen LogP contribution in [0, 0.1) is 12.8 Å². The average molecular weight is 362 g/mol. The van der Waals surface area contributed by atoms with Crippen LogP contribution in [0.4, 0.5) is 0 Å². The van der Waals surface area contributed by atoms with Gasteiger partial charge in [0.2, 0.25) is 5.91 Å². The van der Waals surface area contributed by atoms with Gasteiger partial charge in [0.1, 0.15) is 5.82 Å². The molecule has 2 N–H and O–H groups in total. The third-order valence-corrected chi connectivity index (χ3v) is 4.73. The fourth-order valence-corrected chi connectivity index (χ4v) is 3.18. The summed E-state index contributed by atoms with van der Waals surface area (Å²) in [7, 11) is 0. The monoisotopic (exact) mass is 362 g/mol. The fraction of sp³-hybridized carbons (Fsp3) is 0.286. The van der Waals surface area contributed by atoms with Crippen LogP contribution in [-0.2, 0) is 16.1 Å². The summed E-state index contributed by atoms with van der Waals surface area (Å²) in [5, 5.41) is 2.96. The van der Waals surface area contributed by atoms with Crippen molar-refractivity contribution in [3.8, 4) is 22.6 Å². The Morgan fingerprint density at radius 1 is 1.26 bits per heavy atom. The minimum atomic E-state index is -0.0632. The molecule has 138 valence electrons. The van der Waals surface area contributed by atoms with Crippen molar-refractivity contribution in [2.75, 3.05) is 13.2 Å². The van der Waals surface area contributed by atoms with Gasteiger partial charge in [-0.3, -0.25) is 9.78 Å². The van der Waals surface area contributed by atoms with E-state index in [1.54, 1.807) is 6.20 Å². The fourth-order valence-electron chi connectivity index (χ4n) is 3.18. The standard InChI is InChI=1S/C21H22N4O2/c1-14-5-7-15(8-6-14)19-20(17-4-2-3-10-22-17)25-18(24-19)12-23-21(26)16-9-11-27-13-16/h2-8,10,16H,9,11-13H2,1H3,(H,23,26)(H,24,25)/t16-/m1/s1. The zero-order valence-corrected chi connectivity index (χ0v) is 15.2. The molecule has 1 amide bonds. The third kappa shape index (κ3) is 3.90. The van der Waals surface area contributed by atoms with Crippen LogP contribution in [0.3, 0.4) is 0 Å². The van der Waals surface area contributed by atoms with E-state index in [0.717, 1.165) is 29.1 Å². The van der Waals surface area contributed by atoms with Crippen molar-refractivity contribution in [3.63, 3.8) is 0 Å². The Balaban J connectivity index is 1.61. The SMILES string of the molecule is Cc1ccc(-c2nc(CNC(=O)[C@@H]3CCOC3)[nH]c2-c2ccccn2)cc1. The number of nitrogens with one attached hydrogen (secondary N) is 2. The van der Waals surface area contributed by atoms with Crippen LogP contribution in [-0.4, -0.2) is 34.1 Å². The molecule has 27 heavy (non-hydrogen) atoms. The van der Waals surface area contributed by atoms with Crippen LogP contribution < -0.4 is 5.32 Å². The van der Waals surface area contributed by atoms with Crippen LogP contribution in [0.25, 0.3) is 22.6 Å². The molecule has 1 aliphatic rings. The summed E-state index contributed by atoms with van der Waals surface area (Å²) < 4.78 is 5.29. The van der Waals surface area contributed by atoms with Gasteiger partial charge in [0.05, 0.1) is 36.2 Å². The molecule has 3 aromatic rings. The first kappa shape index (κ1) is 17.4. The Labute approximate surface area is 158 Å². The number of rotatable bonds is 5. The molecule has 4 rings (SSSR count). The summed E-state index contributed by atoms with van der Waals surface area (Å²) in [5.41, 5.74) is 4.72. The molecule has 0 saturated carbocycles. The zero-order chi connectivity index (χ0) is 18.6. The number of hydrogen-bond acceptors (Lipinski definition) is 4. The molecule has 1 aliphatic heterocycles. The number of benzene rings is 1. The Hall–Kier alpha value is -2.99. The van der Waals surface area contributed by atoms with E-state index in [4.69, 9.17) is 9.72 Å². The molecule has 0 aliphatic carbocycles. The van der Waals surface area contributed by atoms with Crippen molar-refractivity contribution < 1.29 is 9.53 Å². The van der Waals surface area contributed by atoms with Crippen LogP contribution >= 0.6 is 0 Å². The maximum atomic E-state index is 12.2. The smallest absolute Gasteiger partial charge is 0.225 e. The highest BCUT2D eigenvalue weighted by Crippen LogP contribution is 2.29. The van der Waals surface area contributed by atoms with Crippen molar-refractivity contribution in [2.45, 2.75) is 19.9 Å². The lowest BCUT2D eigenvalue weighted by atomic mass is 10.1. The van der Waals surface area contributed by atoms with Crippen LogP contribution in [0.2, 0.25) is 0 Å². The zero-order valence-electron chi connectivity index (χ0n) is 15.2. The van der Waals surface area contributed by atoms with Crippen molar-refractivity contribution in [2.24, 2.45) is 5.92 Å². The van der Waals surface area contributed by atoms with Gasteiger partial charge in [-0.2, -0.15) is 0 Å². The first-order valence-electron chi connectivity index (χ1n) is 9.13. The molecule has 0 bridgehead atoms. The van der Waals surface area contributed by atoms with Crippen molar-refractivity contribution in [3.05, 3.63) is 60.0 Å².